The first-order valence-electron chi connectivity index (χ1n) is 10.7. The van der Waals surface area contributed by atoms with Gasteiger partial charge in [-0.25, -0.2) is 0 Å². The highest BCUT2D eigenvalue weighted by Crippen LogP contribution is 2.39. The molecular formula is C27H25NO4. The number of carbonyl (C=O) groups is 2. The zero-order chi connectivity index (χ0) is 22.5. The Labute approximate surface area is 187 Å². The summed E-state index contributed by atoms with van der Waals surface area (Å²) in [6, 6.07) is 25.3. The van der Waals surface area contributed by atoms with Crippen molar-refractivity contribution in [2.45, 2.75) is 19.4 Å². The summed E-state index contributed by atoms with van der Waals surface area (Å²) in [6.45, 7) is 2.81. The Kier molecular flexibility index (Phi) is 6.36. The third kappa shape index (κ3) is 4.28. The number of likely N-dealkylation sites (tertiary alicyclic amines) is 1. The predicted octanol–water partition coefficient (Wildman–Crippen LogP) is 4.75. The molecule has 1 heterocycles. The van der Waals surface area contributed by atoms with Crippen LogP contribution in [0.25, 0.3) is 5.76 Å². The smallest absolute Gasteiger partial charge is 0.295 e. The number of rotatable bonds is 7. The molecule has 0 spiro atoms. The second-order valence-corrected chi connectivity index (χ2v) is 7.60. The molecule has 162 valence electrons. The van der Waals surface area contributed by atoms with Gasteiger partial charge in [0.05, 0.1) is 18.2 Å². The van der Waals surface area contributed by atoms with E-state index in [0.717, 1.165) is 11.1 Å². The van der Waals surface area contributed by atoms with Crippen LogP contribution in [0.15, 0.2) is 90.5 Å². The SMILES string of the molecule is CCOc1ccc(C2/C(=C(\O)c3ccccc3)C(=O)C(=O)N2CCc2ccccc2)cc1. The van der Waals surface area contributed by atoms with E-state index < -0.39 is 17.7 Å². The Balaban J connectivity index is 1.76. The van der Waals surface area contributed by atoms with E-state index in [2.05, 4.69) is 0 Å². The van der Waals surface area contributed by atoms with E-state index in [0.29, 0.717) is 30.9 Å². The van der Waals surface area contributed by atoms with Crippen LogP contribution < -0.4 is 4.74 Å². The molecule has 1 amide bonds. The average Bonchev–Trinajstić information content (AvgIpc) is 3.09. The number of ketones is 1. The van der Waals surface area contributed by atoms with Crippen LogP contribution in [-0.2, 0) is 16.0 Å². The predicted molar refractivity (Wildman–Crippen MR) is 123 cm³/mol. The van der Waals surface area contributed by atoms with Crippen molar-refractivity contribution in [3.05, 3.63) is 107 Å². The van der Waals surface area contributed by atoms with E-state index >= 15 is 0 Å². The van der Waals surface area contributed by atoms with E-state index in [1.807, 2.05) is 67.6 Å². The maximum absolute atomic E-state index is 13.1. The van der Waals surface area contributed by atoms with Gasteiger partial charge >= 0.3 is 0 Å². The lowest BCUT2D eigenvalue weighted by Crippen LogP contribution is -2.31. The van der Waals surface area contributed by atoms with Gasteiger partial charge in [-0.3, -0.25) is 9.59 Å². The molecule has 0 aliphatic carbocycles. The summed E-state index contributed by atoms with van der Waals surface area (Å²) in [5.74, 6) is -0.721. The summed E-state index contributed by atoms with van der Waals surface area (Å²) in [7, 11) is 0. The van der Waals surface area contributed by atoms with Crippen LogP contribution >= 0.6 is 0 Å². The Morgan fingerprint density at radius 1 is 0.906 bits per heavy atom. The van der Waals surface area contributed by atoms with E-state index in [9.17, 15) is 14.7 Å². The highest BCUT2D eigenvalue weighted by atomic mass is 16.5. The van der Waals surface area contributed by atoms with Gasteiger partial charge in [0, 0.05) is 12.1 Å². The zero-order valence-electron chi connectivity index (χ0n) is 17.9. The molecule has 4 rings (SSSR count). The fourth-order valence-corrected chi connectivity index (χ4v) is 4.02. The lowest BCUT2D eigenvalue weighted by atomic mass is 9.95. The molecule has 0 aromatic heterocycles. The summed E-state index contributed by atoms with van der Waals surface area (Å²) >= 11 is 0. The van der Waals surface area contributed by atoms with E-state index in [4.69, 9.17) is 4.74 Å². The largest absolute Gasteiger partial charge is 0.507 e. The first-order chi connectivity index (χ1) is 15.6. The van der Waals surface area contributed by atoms with Gasteiger partial charge in [0.15, 0.2) is 0 Å². The van der Waals surface area contributed by atoms with Gasteiger partial charge in [0.1, 0.15) is 11.5 Å². The van der Waals surface area contributed by atoms with Gasteiger partial charge in [-0.1, -0.05) is 72.8 Å². The first kappa shape index (κ1) is 21.4. The normalized spacial score (nSPS) is 17.5. The van der Waals surface area contributed by atoms with Gasteiger partial charge in [-0.05, 0) is 36.6 Å². The van der Waals surface area contributed by atoms with E-state index in [1.165, 1.54) is 0 Å². The second-order valence-electron chi connectivity index (χ2n) is 7.60. The fourth-order valence-electron chi connectivity index (χ4n) is 4.02. The van der Waals surface area contributed by atoms with Crippen LogP contribution in [0.1, 0.15) is 29.7 Å². The van der Waals surface area contributed by atoms with Gasteiger partial charge in [-0.15, -0.1) is 0 Å². The summed E-state index contributed by atoms with van der Waals surface area (Å²) in [6.07, 6.45) is 0.604. The molecule has 1 saturated heterocycles. The molecule has 1 aliphatic heterocycles. The van der Waals surface area contributed by atoms with Crippen LogP contribution in [0.2, 0.25) is 0 Å². The fraction of sp³-hybridized carbons (Fsp3) is 0.185. The standard InChI is InChI=1S/C27H25NO4/c1-2-32-22-15-13-20(14-16-22)24-23(25(29)21-11-7-4-8-12-21)26(30)27(31)28(24)18-17-19-9-5-3-6-10-19/h3-16,24,29H,2,17-18H2,1H3/b25-23+. The molecule has 0 radical (unpaired) electrons. The number of aliphatic hydroxyl groups excluding tert-OH is 1. The van der Waals surface area contributed by atoms with Crippen molar-refractivity contribution in [2.75, 3.05) is 13.2 Å². The molecule has 1 aliphatic rings. The number of hydrogen-bond acceptors (Lipinski definition) is 4. The molecule has 5 nitrogen and oxygen atoms in total. The molecule has 5 heteroatoms. The highest BCUT2D eigenvalue weighted by molar-refractivity contribution is 6.46. The topological polar surface area (TPSA) is 66.8 Å². The van der Waals surface area contributed by atoms with Gasteiger partial charge in [0.25, 0.3) is 11.7 Å². The number of benzene rings is 3. The summed E-state index contributed by atoms with van der Waals surface area (Å²) in [5.41, 5.74) is 2.43. The van der Waals surface area contributed by atoms with Crippen LogP contribution in [0.5, 0.6) is 5.75 Å². The number of hydrogen-bond donors (Lipinski definition) is 1. The maximum atomic E-state index is 13.1. The van der Waals surface area contributed by atoms with Crippen molar-refractivity contribution in [1.82, 2.24) is 4.90 Å². The summed E-state index contributed by atoms with van der Waals surface area (Å²) < 4.78 is 5.53. The minimum Gasteiger partial charge on any atom is -0.507 e. The number of amides is 1. The molecule has 32 heavy (non-hydrogen) atoms. The van der Waals surface area contributed by atoms with Crippen LogP contribution in [0, 0.1) is 0 Å². The monoisotopic (exact) mass is 427 g/mol. The number of carbonyl (C=O) groups excluding carboxylic acids is 2. The summed E-state index contributed by atoms with van der Waals surface area (Å²) in [5, 5.41) is 11.0. The molecule has 3 aromatic carbocycles. The molecule has 1 atom stereocenters. The quantitative estimate of drug-likeness (QED) is 0.336. The van der Waals surface area contributed by atoms with Gasteiger partial charge in [-0.2, -0.15) is 0 Å². The van der Waals surface area contributed by atoms with Gasteiger partial charge < -0.3 is 14.7 Å². The minimum absolute atomic E-state index is 0.110. The molecular weight excluding hydrogens is 402 g/mol. The van der Waals surface area contributed by atoms with Crippen LogP contribution in [0.4, 0.5) is 0 Å². The molecule has 0 bridgehead atoms. The second kappa shape index (κ2) is 9.52. The number of aliphatic hydroxyl groups is 1. The number of nitrogens with zero attached hydrogens (tertiary/aromatic N) is 1. The third-order valence-corrected chi connectivity index (χ3v) is 5.58. The van der Waals surface area contributed by atoms with Crippen molar-refractivity contribution < 1.29 is 19.4 Å². The van der Waals surface area contributed by atoms with Crippen molar-refractivity contribution in [3.63, 3.8) is 0 Å². The van der Waals surface area contributed by atoms with Crippen molar-refractivity contribution >= 4 is 17.4 Å². The first-order valence-corrected chi connectivity index (χ1v) is 10.7. The Morgan fingerprint density at radius 2 is 1.53 bits per heavy atom. The average molecular weight is 428 g/mol. The number of ether oxygens (including phenoxy) is 1. The highest BCUT2D eigenvalue weighted by Gasteiger charge is 2.45. The van der Waals surface area contributed by atoms with Crippen molar-refractivity contribution in [1.29, 1.82) is 0 Å². The Morgan fingerprint density at radius 3 is 2.16 bits per heavy atom. The lowest BCUT2D eigenvalue weighted by molar-refractivity contribution is -0.139. The number of Topliss-reactive ketones (excluding diaryl/α,β-unsaturated/α-hetero) is 1. The summed E-state index contributed by atoms with van der Waals surface area (Å²) in [4.78, 5) is 27.6. The Hall–Kier alpha value is -3.86. The zero-order valence-corrected chi connectivity index (χ0v) is 17.9. The third-order valence-electron chi connectivity index (χ3n) is 5.58. The minimum atomic E-state index is -0.672. The molecule has 3 aromatic rings. The molecule has 0 saturated carbocycles. The van der Waals surface area contributed by atoms with Crippen LogP contribution in [0.3, 0.4) is 0 Å². The maximum Gasteiger partial charge on any atom is 0.295 e. The lowest BCUT2D eigenvalue weighted by Gasteiger charge is -2.25. The van der Waals surface area contributed by atoms with E-state index in [-0.39, 0.29) is 11.3 Å². The Bertz CT molecular complexity index is 1120. The van der Waals surface area contributed by atoms with Gasteiger partial charge in [0.2, 0.25) is 0 Å². The molecule has 1 unspecified atom stereocenters. The molecule has 1 fully saturated rings. The molecule has 1 N–H and O–H groups in total. The van der Waals surface area contributed by atoms with E-state index in [1.54, 1.807) is 29.2 Å². The van der Waals surface area contributed by atoms with Crippen molar-refractivity contribution in [2.24, 2.45) is 0 Å². The van der Waals surface area contributed by atoms with Crippen LogP contribution in [-0.4, -0.2) is 34.8 Å². The van der Waals surface area contributed by atoms with Crippen molar-refractivity contribution in [3.8, 4) is 5.75 Å².